The van der Waals surface area contributed by atoms with Gasteiger partial charge in [0.2, 0.25) is 0 Å². The Morgan fingerprint density at radius 1 is 1.23 bits per heavy atom. The number of hydrogen-bond donors (Lipinski definition) is 0. The number of aliphatic imine (C=N–C) groups is 1. The van der Waals surface area contributed by atoms with Crippen LogP contribution in [-0.2, 0) is 0 Å². The molecule has 1 aliphatic rings. The Morgan fingerprint density at radius 3 is 2.73 bits per heavy atom. The number of hydrogen-bond acceptors (Lipinski definition) is 2. The molecule has 0 spiro atoms. The molecule has 116 valence electrons. The first-order valence-corrected chi connectivity index (χ1v) is 7.95. The summed E-state index contributed by atoms with van der Waals surface area (Å²) >= 11 is 0. The molecule has 3 nitrogen and oxygen atoms in total. The van der Waals surface area contributed by atoms with Gasteiger partial charge in [0.15, 0.2) is 0 Å². The molecule has 0 unspecified atom stereocenters. The SMILES string of the molecule is Cc1cc(C)n([C@@H]2CCCC[C@H]2N=Cc2ccccc2F)n1. The number of halogens is 1. The summed E-state index contributed by atoms with van der Waals surface area (Å²) in [5.41, 5.74) is 2.77. The van der Waals surface area contributed by atoms with Gasteiger partial charge in [-0.3, -0.25) is 9.67 Å². The quantitative estimate of drug-likeness (QED) is 0.780. The van der Waals surface area contributed by atoms with E-state index in [2.05, 4.69) is 22.8 Å². The number of nitrogens with zero attached hydrogens (tertiary/aromatic N) is 3. The molecule has 1 heterocycles. The summed E-state index contributed by atoms with van der Waals surface area (Å²) in [4.78, 5) is 4.70. The van der Waals surface area contributed by atoms with Crippen LogP contribution in [0, 0.1) is 19.7 Å². The molecule has 0 bridgehead atoms. The molecule has 1 saturated carbocycles. The minimum atomic E-state index is -0.218. The molecular formula is C18H22FN3. The predicted octanol–water partition coefficient (Wildman–Crippen LogP) is 4.24. The fourth-order valence-corrected chi connectivity index (χ4v) is 3.29. The lowest BCUT2D eigenvalue weighted by atomic mass is 9.90. The van der Waals surface area contributed by atoms with E-state index in [4.69, 9.17) is 4.99 Å². The van der Waals surface area contributed by atoms with Gasteiger partial charge in [0.25, 0.3) is 0 Å². The highest BCUT2D eigenvalue weighted by atomic mass is 19.1. The third kappa shape index (κ3) is 3.11. The lowest BCUT2D eigenvalue weighted by Crippen LogP contribution is -2.28. The normalized spacial score (nSPS) is 22.3. The van der Waals surface area contributed by atoms with Crippen LogP contribution in [0.1, 0.15) is 48.7 Å². The highest BCUT2D eigenvalue weighted by Crippen LogP contribution is 2.31. The largest absolute Gasteiger partial charge is 0.287 e. The smallest absolute Gasteiger partial charge is 0.131 e. The van der Waals surface area contributed by atoms with Crippen LogP contribution in [0.5, 0.6) is 0 Å². The molecule has 3 rings (SSSR count). The first-order chi connectivity index (χ1) is 10.6. The molecule has 1 aliphatic carbocycles. The van der Waals surface area contributed by atoms with Crippen molar-refractivity contribution in [1.29, 1.82) is 0 Å². The highest BCUT2D eigenvalue weighted by molar-refractivity contribution is 5.80. The molecule has 2 atom stereocenters. The average molecular weight is 299 g/mol. The van der Waals surface area contributed by atoms with Crippen molar-refractivity contribution in [2.24, 2.45) is 4.99 Å². The molecule has 1 aromatic heterocycles. The summed E-state index contributed by atoms with van der Waals surface area (Å²) in [5.74, 6) is -0.218. The molecule has 0 amide bonds. The summed E-state index contributed by atoms with van der Waals surface area (Å²) in [6.07, 6.45) is 6.18. The van der Waals surface area contributed by atoms with E-state index in [1.54, 1.807) is 18.3 Å². The number of aryl methyl sites for hydroxylation is 2. The maximum atomic E-state index is 13.7. The zero-order valence-corrected chi connectivity index (χ0v) is 13.2. The van der Waals surface area contributed by atoms with Crippen molar-refractivity contribution in [2.45, 2.75) is 51.6 Å². The van der Waals surface area contributed by atoms with E-state index >= 15 is 0 Å². The van der Waals surface area contributed by atoms with E-state index in [0.717, 1.165) is 18.5 Å². The van der Waals surface area contributed by atoms with E-state index in [-0.39, 0.29) is 17.9 Å². The molecule has 1 aromatic carbocycles. The van der Waals surface area contributed by atoms with Crippen LogP contribution in [-0.4, -0.2) is 22.0 Å². The van der Waals surface area contributed by atoms with Gasteiger partial charge in [0.05, 0.1) is 17.8 Å². The number of rotatable bonds is 3. The minimum Gasteiger partial charge on any atom is -0.287 e. The molecule has 4 heteroatoms. The molecule has 22 heavy (non-hydrogen) atoms. The Morgan fingerprint density at radius 2 is 2.00 bits per heavy atom. The van der Waals surface area contributed by atoms with Gasteiger partial charge in [-0.25, -0.2) is 4.39 Å². The molecule has 0 radical (unpaired) electrons. The van der Waals surface area contributed by atoms with Crippen LogP contribution < -0.4 is 0 Å². The van der Waals surface area contributed by atoms with Crippen LogP contribution in [0.25, 0.3) is 0 Å². The zero-order chi connectivity index (χ0) is 15.5. The van der Waals surface area contributed by atoms with E-state index in [1.807, 2.05) is 13.0 Å². The molecule has 0 aliphatic heterocycles. The summed E-state index contributed by atoms with van der Waals surface area (Å²) < 4.78 is 15.8. The third-order valence-corrected chi connectivity index (χ3v) is 4.36. The molecule has 0 saturated heterocycles. The van der Waals surface area contributed by atoms with Gasteiger partial charge < -0.3 is 0 Å². The van der Waals surface area contributed by atoms with Crippen LogP contribution in [0.3, 0.4) is 0 Å². The third-order valence-electron chi connectivity index (χ3n) is 4.36. The fourth-order valence-electron chi connectivity index (χ4n) is 3.29. The monoisotopic (exact) mass is 299 g/mol. The molecule has 1 fully saturated rings. The molecule has 0 N–H and O–H groups in total. The zero-order valence-electron chi connectivity index (χ0n) is 13.2. The highest BCUT2D eigenvalue weighted by Gasteiger charge is 2.27. The summed E-state index contributed by atoms with van der Waals surface area (Å²) in [6, 6.07) is 9.33. The topological polar surface area (TPSA) is 30.2 Å². The summed E-state index contributed by atoms with van der Waals surface area (Å²) in [6.45, 7) is 4.11. The van der Waals surface area contributed by atoms with Crippen molar-refractivity contribution >= 4 is 6.21 Å². The maximum Gasteiger partial charge on any atom is 0.131 e. The molecule has 2 aromatic rings. The van der Waals surface area contributed by atoms with Crippen molar-refractivity contribution in [3.05, 3.63) is 53.1 Å². The van der Waals surface area contributed by atoms with Gasteiger partial charge in [0, 0.05) is 17.5 Å². The maximum absolute atomic E-state index is 13.7. The number of aromatic nitrogens is 2. The standard InChI is InChI=1S/C18H22FN3/c1-13-11-14(2)22(21-13)18-10-6-5-9-17(18)20-12-15-7-3-4-8-16(15)19/h3-4,7-8,11-12,17-18H,5-6,9-10H2,1-2H3/t17-,18-/m1/s1. The second-order valence-electron chi connectivity index (χ2n) is 6.09. The average Bonchev–Trinajstić information content (AvgIpc) is 2.85. The number of benzene rings is 1. The predicted molar refractivity (Wildman–Crippen MR) is 87.0 cm³/mol. The molecular weight excluding hydrogens is 277 g/mol. The summed E-state index contributed by atoms with van der Waals surface area (Å²) in [5, 5.41) is 4.63. The van der Waals surface area contributed by atoms with Crippen LogP contribution >= 0.6 is 0 Å². The minimum absolute atomic E-state index is 0.173. The lowest BCUT2D eigenvalue weighted by Gasteiger charge is -2.30. The van der Waals surface area contributed by atoms with Gasteiger partial charge in [0.1, 0.15) is 5.82 Å². The van der Waals surface area contributed by atoms with Crippen molar-refractivity contribution in [2.75, 3.05) is 0 Å². The summed E-state index contributed by atoms with van der Waals surface area (Å²) in [7, 11) is 0. The Balaban J connectivity index is 1.84. The van der Waals surface area contributed by atoms with E-state index in [1.165, 1.54) is 24.6 Å². The van der Waals surface area contributed by atoms with Gasteiger partial charge in [-0.15, -0.1) is 0 Å². The second-order valence-corrected chi connectivity index (χ2v) is 6.09. The van der Waals surface area contributed by atoms with Crippen molar-refractivity contribution in [3.63, 3.8) is 0 Å². The van der Waals surface area contributed by atoms with Crippen LogP contribution in [0.2, 0.25) is 0 Å². The lowest BCUT2D eigenvalue weighted by molar-refractivity contribution is 0.284. The van der Waals surface area contributed by atoms with E-state index in [9.17, 15) is 4.39 Å². The van der Waals surface area contributed by atoms with Crippen LogP contribution in [0.4, 0.5) is 4.39 Å². The van der Waals surface area contributed by atoms with Gasteiger partial charge >= 0.3 is 0 Å². The van der Waals surface area contributed by atoms with Crippen molar-refractivity contribution < 1.29 is 4.39 Å². The first kappa shape index (κ1) is 14.9. The van der Waals surface area contributed by atoms with Gasteiger partial charge in [-0.1, -0.05) is 31.0 Å². The van der Waals surface area contributed by atoms with Gasteiger partial charge in [-0.05, 0) is 38.8 Å². The van der Waals surface area contributed by atoms with E-state index in [0.29, 0.717) is 5.56 Å². The Kier molecular flexibility index (Phi) is 4.36. The second kappa shape index (κ2) is 6.42. The van der Waals surface area contributed by atoms with E-state index < -0.39 is 0 Å². The fraction of sp³-hybridized carbons (Fsp3) is 0.444. The van der Waals surface area contributed by atoms with Gasteiger partial charge in [-0.2, -0.15) is 5.10 Å². The van der Waals surface area contributed by atoms with Crippen LogP contribution in [0.15, 0.2) is 35.3 Å². The first-order valence-electron chi connectivity index (χ1n) is 7.95. The van der Waals surface area contributed by atoms with Crippen molar-refractivity contribution in [3.8, 4) is 0 Å². The Labute approximate surface area is 130 Å². The Hall–Kier alpha value is -1.97. The van der Waals surface area contributed by atoms with Crippen molar-refractivity contribution in [1.82, 2.24) is 9.78 Å². The Bertz CT molecular complexity index is 675.